The Bertz CT molecular complexity index is 1800. The van der Waals surface area contributed by atoms with Gasteiger partial charge in [-0.15, -0.1) is 0 Å². The van der Waals surface area contributed by atoms with E-state index in [0.717, 1.165) is 20.9 Å². The van der Waals surface area contributed by atoms with Gasteiger partial charge < -0.3 is 20.5 Å². The zero-order chi connectivity index (χ0) is 27.7. The summed E-state index contributed by atoms with van der Waals surface area (Å²) in [5, 5.41) is 5.85. The van der Waals surface area contributed by atoms with Crippen molar-refractivity contribution in [1.82, 2.24) is 14.1 Å². The summed E-state index contributed by atoms with van der Waals surface area (Å²) in [5.41, 5.74) is 8.42. The SMILES string of the molecule is CCOc1cc(OCC)cc(-c2c(N)c(NCc3ccc4ccccc4c3)nc3c2c(=O)n(C)c(=O)n3C)c1. The normalized spacial score (nSPS) is 11.2. The third kappa shape index (κ3) is 4.79. The molecule has 0 aliphatic carbocycles. The highest BCUT2D eigenvalue weighted by Gasteiger charge is 2.22. The quantitative estimate of drug-likeness (QED) is 0.308. The molecular weight excluding hydrogens is 494 g/mol. The fourth-order valence-electron chi connectivity index (χ4n) is 4.79. The lowest BCUT2D eigenvalue weighted by molar-refractivity contribution is 0.323. The van der Waals surface area contributed by atoms with Crippen molar-refractivity contribution in [2.75, 3.05) is 24.3 Å². The van der Waals surface area contributed by atoms with E-state index in [0.29, 0.717) is 48.2 Å². The summed E-state index contributed by atoms with van der Waals surface area (Å²) in [7, 11) is 3.03. The molecule has 3 N–H and O–H groups in total. The fraction of sp³-hybridized carbons (Fsp3) is 0.233. The number of aryl methyl sites for hydroxylation is 1. The number of rotatable bonds is 8. The van der Waals surface area contributed by atoms with Crippen molar-refractivity contribution in [3.63, 3.8) is 0 Å². The zero-order valence-corrected chi connectivity index (χ0v) is 22.4. The molecule has 0 aliphatic rings. The largest absolute Gasteiger partial charge is 0.494 e. The van der Waals surface area contributed by atoms with Gasteiger partial charge in [0.2, 0.25) is 0 Å². The second kappa shape index (κ2) is 10.5. The molecule has 0 atom stereocenters. The Balaban J connectivity index is 1.71. The summed E-state index contributed by atoms with van der Waals surface area (Å²) in [6, 6.07) is 19.8. The first-order chi connectivity index (χ1) is 18.8. The van der Waals surface area contributed by atoms with Gasteiger partial charge in [-0.3, -0.25) is 13.9 Å². The third-order valence-electron chi connectivity index (χ3n) is 6.69. The molecule has 0 fully saturated rings. The number of fused-ring (bicyclic) bond motifs is 2. The summed E-state index contributed by atoms with van der Waals surface area (Å²) in [5.74, 6) is 1.53. The zero-order valence-electron chi connectivity index (χ0n) is 22.4. The maximum atomic E-state index is 13.5. The number of hydrogen-bond donors (Lipinski definition) is 2. The second-order valence-corrected chi connectivity index (χ2v) is 9.25. The van der Waals surface area contributed by atoms with Crippen molar-refractivity contribution < 1.29 is 9.47 Å². The van der Waals surface area contributed by atoms with Gasteiger partial charge in [0.25, 0.3) is 5.56 Å². The number of nitrogen functional groups attached to an aromatic ring is 1. The lowest BCUT2D eigenvalue weighted by Crippen LogP contribution is -2.37. The van der Waals surface area contributed by atoms with E-state index in [9.17, 15) is 9.59 Å². The molecule has 0 amide bonds. The van der Waals surface area contributed by atoms with Crippen LogP contribution in [0.15, 0.2) is 70.3 Å². The van der Waals surface area contributed by atoms with Gasteiger partial charge in [0.15, 0.2) is 11.5 Å². The van der Waals surface area contributed by atoms with Gasteiger partial charge in [0.1, 0.15) is 11.5 Å². The van der Waals surface area contributed by atoms with E-state index < -0.39 is 11.2 Å². The molecule has 9 heteroatoms. The Labute approximate surface area is 225 Å². The molecule has 0 spiro atoms. The first-order valence-electron chi connectivity index (χ1n) is 12.8. The number of hydrogen-bond acceptors (Lipinski definition) is 7. The number of pyridine rings is 1. The molecule has 2 heterocycles. The number of aromatic nitrogens is 3. The smallest absolute Gasteiger partial charge is 0.332 e. The minimum absolute atomic E-state index is 0.230. The Hall–Kier alpha value is -4.79. The summed E-state index contributed by atoms with van der Waals surface area (Å²) < 4.78 is 14.0. The van der Waals surface area contributed by atoms with Crippen LogP contribution in [0.2, 0.25) is 0 Å². The van der Waals surface area contributed by atoms with Crippen LogP contribution in [-0.2, 0) is 20.6 Å². The highest BCUT2D eigenvalue weighted by atomic mass is 16.5. The van der Waals surface area contributed by atoms with Crippen molar-refractivity contribution in [3.8, 4) is 22.6 Å². The number of nitrogens with two attached hydrogens (primary N) is 1. The van der Waals surface area contributed by atoms with E-state index in [2.05, 4.69) is 34.6 Å². The molecule has 0 saturated heterocycles. The molecule has 5 aromatic rings. The van der Waals surface area contributed by atoms with Crippen molar-refractivity contribution in [2.45, 2.75) is 20.4 Å². The summed E-state index contributed by atoms with van der Waals surface area (Å²) in [6.45, 7) is 5.13. The highest BCUT2D eigenvalue weighted by Crippen LogP contribution is 2.39. The molecule has 39 heavy (non-hydrogen) atoms. The van der Waals surface area contributed by atoms with Crippen molar-refractivity contribution in [3.05, 3.63) is 87.1 Å². The fourth-order valence-corrected chi connectivity index (χ4v) is 4.79. The van der Waals surface area contributed by atoms with E-state index in [1.807, 2.05) is 44.2 Å². The molecular formula is C30H31N5O4. The van der Waals surface area contributed by atoms with E-state index in [1.165, 1.54) is 11.6 Å². The maximum Gasteiger partial charge on any atom is 0.332 e. The minimum Gasteiger partial charge on any atom is -0.494 e. The van der Waals surface area contributed by atoms with Crippen LogP contribution in [0.25, 0.3) is 32.9 Å². The molecule has 200 valence electrons. The topological polar surface area (TPSA) is 113 Å². The van der Waals surface area contributed by atoms with E-state index in [-0.39, 0.29) is 16.7 Å². The van der Waals surface area contributed by atoms with E-state index in [4.69, 9.17) is 15.2 Å². The Morgan fingerprint density at radius 2 is 1.54 bits per heavy atom. The summed E-state index contributed by atoms with van der Waals surface area (Å²) in [6.07, 6.45) is 0. The standard InChI is InChI=1S/C30H31N5O4/c1-5-38-22-14-21(15-23(16-22)39-6-2)24-25-28(34(3)30(37)35(4)29(25)36)33-27(26(24)31)32-17-18-11-12-19-9-7-8-10-20(19)13-18/h7-16H,5-6,17,31H2,1-4H3,(H,32,33). The van der Waals surface area contributed by atoms with Crippen molar-refractivity contribution in [2.24, 2.45) is 14.1 Å². The lowest BCUT2D eigenvalue weighted by Gasteiger charge is -2.18. The van der Waals surface area contributed by atoms with Gasteiger partial charge >= 0.3 is 5.69 Å². The summed E-state index contributed by atoms with van der Waals surface area (Å²) >= 11 is 0. The molecule has 3 aromatic carbocycles. The Morgan fingerprint density at radius 1 is 0.872 bits per heavy atom. The number of nitrogens with one attached hydrogen (secondary N) is 1. The van der Waals surface area contributed by atoms with Crippen LogP contribution in [0.3, 0.4) is 0 Å². The van der Waals surface area contributed by atoms with Crippen LogP contribution in [0.5, 0.6) is 11.5 Å². The van der Waals surface area contributed by atoms with Gasteiger partial charge in [-0.2, -0.15) is 0 Å². The van der Waals surface area contributed by atoms with Crippen LogP contribution >= 0.6 is 0 Å². The van der Waals surface area contributed by atoms with Crippen molar-refractivity contribution in [1.29, 1.82) is 0 Å². The molecule has 0 radical (unpaired) electrons. The third-order valence-corrected chi connectivity index (χ3v) is 6.69. The van der Waals surface area contributed by atoms with Gasteiger partial charge in [-0.25, -0.2) is 9.78 Å². The first-order valence-corrected chi connectivity index (χ1v) is 12.8. The lowest BCUT2D eigenvalue weighted by atomic mass is 10.00. The maximum absolute atomic E-state index is 13.5. The predicted octanol–water partition coefficient (Wildman–Crippen LogP) is 4.44. The van der Waals surface area contributed by atoms with Crippen LogP contribution in [0, 0.1) is 0 Å². The van der Waals surface area contributed by atoms with Crippen LogP contribution in [0.4, 0.5) is 11.5 Å². The molecule has 5 rings (SSSR count). The van der Waals surface area contributed by atoms with E-state index >= 15 is 0 Å². The number of benzene rings is 3. The van der Waals surface area contributed by atoms with Crippen LogP contribution < -0.4 is 31.8 Å². The van der Waals surface area contributed by atoms with Gasteiger partial charge in [-0.1, -0.05) is 36.4 Å². The molecule has 0 unspecified atom stereocenters. The molecule has 0 aliphatic heterocycles. The summed E-state index contributed by atoms with van der Waals surface area (Å²) in [4.78, 5) is 30.9. The Kier molecular flexibility index (Phi) is 6.98. The monoisotopic (exact) mass is 525 g/mol. The first kappa shape index (κ1) is 25.8. The molecule has 0 saturated carbocycles. The minimum atomic E-state index is -0.483. The number of ether oxygens (including phenoxy) is 2. The Morgan fingerprint density at radius 3 is 2.21 bits per heavy atom. The predicted molar refractivity (Wildman–Crippen MR) is 156 cm³/mol. The van der Waals surface area contributed by atoms with Crippen molar-refractivity contribution >= 4 is 33.3 Å². The number of nitrogens with zero attached hydrogens (tertiary/aromatic N) is 3. The average molecular weight is 526 g/mol. The van der Waals surface area contributed by atoms with Crippen LogP contribution in [0.1, 0.15) is 19.4 Å². The van der Waals surface area contributed by atoms with Gasteiger partial charge in [0, 0.05) is 32.3 Å². The second-order valence-electron chi connectivity index (χ2n) is 9.25. The highest BCUT2D eigenvalue weighted by molar-refractivity contribution is 6.02. The molecule has 2 aromatic heterocycles. The molecule has 9 nitrogen and oxygen atoms in total. The molecule has 0 bridgehead atoms. The number of anilines is 2. The van der Waals surface area contributed by atoms with E-state index in [1.54, 1.807) is 13.1 Å². The van der Waals surface area contributed by atoms with Gasteiger partial charge in [-0.05, 0) is 53.9 Å². The van der Waals surface area contributed by atoms with Gasteiger partial charge in [0.05, 0.1) is 24.3 Å². The average Bonchev–Trinajstić information content (AvgIpc) is 2.94. The van der Waals surface area contributed by atoms with Crippen LogP contribution in [-0.4, -0.2) is 27.3 Å².